The van der Waals surface area contributed by atoms with E-state index in [-0.39, 0.29) is 24.4 Å². The van der Waals surface area contributed by atoms with E-state index in [9.17, 15) is 18.4 Å². The number of nitrogens with two attached hydrogens (primary N) is 1. The number of aromatic nitrogens is 1. The zero-order valence-electron chi connectivity index (χ0n) is 20.3. The largest absolute Gasteiger partial charge is 0.398 e. The lowest BCUT2D eigenvalue weighted by Gasteiger charge is -2.28. The Morgan fingerprint density at radius 3 is 2.62 bits per heavy atom. The van der Waals surface area contributed by atoms with E-state index in [1.54, 1.807) is 28.6 Å². The van der Waals surface area contributed by atoms with Crippen molar-refractivity contribution in [3.63, 3.8) is 0 Å². The molecule has 37 heavy (non-hydrogen) atoms. The summed E-state index contributed by atoms with van der Waals surface area (Å²) < 4.78 is 32.3. The molecule has 1 saturated heterocycles. The number of rotatable bonds is 10. The first kappa shape index (κ1) is 26.6. The number of urea groups is 1. The van der Waals surface area contributed by atoms with Crippen LogP contribution in [0.1, 0.15) is 28.0 Å². The summed E-state index contributed by atoms with van der Waals surface area (Å²) in [5, 5.41) is 6.28. The van der Waals surface area contributed by atoms with Crippen LogP contribution >= 0.6 is 11.3 Å². The first-order valence-electron chi connectivity index (χ1n) is 12.0. The summed E-state index contributed by atoms with van der Waals surface area (Å²) >= 11 is 1.44. The smallest absolute Gasteiger partial charge is 0.322 e. The Bertz CT molecular complexity index is 1220. The Morgan fingerprint density at radius 2 is 1.95 bits per heavy atom. The van der Waals surface area contributed by atoms with Gasteiger partial charge in [0.25, 0.3) is 0 Å². The molecule has 3 N–H and O–H groups in total. The molecule has 1 aromatic carbocycles. The van der Waals surface area contributed by atoms with Crippen LogP contribution in [0.5, 0.6) is 0 Å². The van der Waals surface area contributed by atoms with Crippen molar-refractivity contribution >= 4 is 34.5 Å². The van der Waals surface area contributed by atoms with Crippen LogP contribution in [-0.4, -0.2) is 66.0 Å². The number of pyridine rings is 1. The number of carbonyl (C=O) groups is 2. The number of thiophene rings is 1. The maximum Gasteiger partial charge on any atom is 0.322 e. The van der Waals surface area contributed by atoms with E-state index in [1.165, 1.54) is 17.4 Å². The highest BCUT2D eigenvalue weighted by atomic mass is 32.1. The predicted molar refractivity (Wildman–Crippen MR) is 139 cm³/mol. The molecule has 11 heteroatoms. The number of ether oxygens (including phenoxy) is 1. The summed E-state index contributed by atoms with van der Waals surface area (Å²) in [7, 11) is 0. The number of amides is 2. The standard InChI is InChI=1S/C26H29F2N5O3S/c27-21-4-3-20(13-22(21)28)31-26(35)33(7-1-6-32-8-10-36-11-9-32)15-18-2-5-24(30-14-18)25(34)12-19-16-37-17-23(19)29/h2-5,13-14,16-17H,1,6-12,15,29H2,(H,31,35). The molecule has 0 spiro atoms. The predicted octanol–water partition coefficient (Wildman–Crippen LogP) is 4.19. The molecule has 2 aromatic heterocycles. The maximum absolute atomic E-state index is 13.6. The lowest BCUT2D eigenvalue weighted by Crippen LogP contribution is -2.40. The molecular weight excluding hydrogens is 500 g/mol. The van der Waals surface area contributed by atoms with Gasteiger partial charge in [-0.25, -0.2) is 13.6 Å². The monoisotopic (exact) mass is 529 g/mol. The quantitative estimate of drug-likeness (QED) is 0.382. The molecule has 0 unspecified atom stereocenters. The van der Waals surface area contributed by atoms with Gasteiger partial charge in [0, 0.05) is 68.2 Å². The number of ketones is 1. The van der Waals surface area contributed by atoms with Crippen molar-refractivity contribution in [2.45, 2.75) is 19.4 Å². The van der Waals surface area contributed by atoms with Gasteiger partial charge in [0.1, 0.15) is 5.69 Å². The second-order valence-electron chi connectivity index (χ2n) is 8.79. The Balaban J connectivity index is 1.41. The van der Waals surface area contributed by atoms with E-state index in [1.807, 2.05) is 5.38 Å². The van der Waals surface area contributed by atoms with Gasteiger partial charge in [0.2, 0.25) is 0 Å². The molecule has 196 valence electrons. The summed E-state index contributed by atoms with van der Waals surface area (Å²) in [6.07, 6.45) is 2.47. The number of benzene rings is 1. The van der Waals surface area contributed by atoms with E-state index in [2.05, 4.69) is 15.2 Å². The lowest BCUT2D eigenvalue weighted by atomic mass is 10.1. The third-order valence-corrected chi connectivity index (χ3v) is 6.89. The number of halogens is 2. The van der Waals surface area contributed by atoms with Gasteiger partial charge in [-0.2, -0.15) is 0 Å². The van der Waals surface area contributed by atoms with Crippen LogP contribution in [0.25, 0.3) is 0 Å². The average molecular weight is 530 g/mol. The van der Waals surface area contributed by atoms with Gasteiger partial charge in [0.15, 0.2) is 17.4 Å². The third kappa shape index (κ3) is 7.54. The fourth-order valence-electron chi connectivity index (χ4n) is 3.98. The maximum atomic E-state index is 13.6. The van der Waals surface area contributed by atoms with Gasteiger partial charge in [-0.15, -0.1) is 11.3 Å². The van der Waals surface area contributed by atoms with Crippen LogP contribution < -0.4 is 11.1 Å². The fraction of sp³-hybridized carbons (Fsp3) is 0.346. The first-order valence-corrected chi connectivity index (χ1v) is 12.9. The van der Waals surface area contributed by atoms with Crippen molar-refractivity contribution in [1.82, 2.24) is 14.8 Å². The minimum atomic E-state index is -1.04. The van der Waals surface area contributed by atoms with Crippen molar-refractivity contribution in [2.75, 3.05) is 50.4 Å². The number of morpholine rings is 1. The van der Waals surface area contributed by atoms with E-state index >= 15 is 0 Å². The van der Waals surface area contributed by atoms with Crippen LogP contribution in [-0.2, 0) is 17.7 Å². The number of Topliss-reactive ketones (excluding diaryl/α,β-unsaturated/α-hetero) is 1. The van der Waals surface area contributed by atoms with Crippen LogP contribution in [0.15, 0.2) is 47.3 Å². The second-order valence-corrected chi connectivity index (χ2v) is 9.54. The molecular formula is C26H29F2N5O3S. The minimum Gasteiger partial charge on any atom is -0.398 e. The highest BCUT2D eigenvalue weighted by molar-refractivity contribution is 7.08. The second kappa shape index (κ2) is 12.7. The lowest BCUT2D eigenvalue weighted by molar-refractivity contribution is 0.0365. The van der Waals surface area contributed by atoms with Crippen molar-refractivity contribution < 1.29 is 23.1 Å². The Hall–Kier alpha value is -3.41. The summed E-state index contributed by atoms with van der Waals surface area (Å²) in [5.41, 5.74) is 8.46. The van der Waals surface area contributed by atoms with Gasteiger partial charge in [-0.05, 0) is 41.1 Å². The Morgan fingerprint density at radius 1 is 1.14 bits per heavy atom. The van der Waals surface area contributed by atoms with Gasteiger partial charge in [0.05, 0.1) is 13.2 Å². The molecule has 0 atom stereocenters. The molecule has 4 rings (SSSR count). The zero-order valence-corrected chi connectivity index (χ0v) is 21.1. The van der Waals surface area contributed by atoms with Crippen molar-refractivity contribution in [3.8, 4) is 0 Å². The molecule has 1 aliphatic rings. The van der Waals surface area contributed by atoms with Crippen LogP contribution in [0.3, 0.4) is 0 Å². The molecule has 1 aliphatic heterocycles. The number of nitrogens with zero attached hydrogens (tertiary/aromatic N) is 3. The molecule has 2 amide bonds. The molecule has 3 heterocycles. The minimum absolute atomic E-state index is 0.143. The highest BCUT2D eigenvalue weighted by Crippen LogP contribution is 2.19. The number of hydrogen-bond acceptors (Lipinski definition) is 7. The molecule has 0 radical (unpaired) electrons. The van der Waals surface area contributed by atoms with Crippen molar-refractivity contribution in [2.24, 2.45) is 0 Å². The topological polar surface area (TPSA) is 101 Å². The third-order valence-electron chi connectivity index (χ3n) is 6.08. The summed E-state index contributed by atoms with van der Waals surface area (Å²) in [6.45, 7) is 4.54. The van der Waals surface area contributed by atoms with Crippen molar-refractivity contribution in [3.05, 3.63) is 75.7 Å². The molecule has 0 saturated carbocycles. The summed E-state index contributed by atoms with van der Waals surface area (Å²) in [5.74, 6) is -2.16. The SMILES string of the molecule is Nc1cscc1CC(=O)c1ccc(CN(CCCN2CCOCC2)C(=O)Nc2ccc(F)c(F)c2)cn1. The number of nitrogen functional groups attached to an aromatic ring is 1. The first-order chi connectivity index (χ1) is 17.9. The number of carbonyl (C=O) groups excluding carboxylic acids is 2. The van der Waals surface area contributed by atoms with E-state index in [4.69, 9.17) is 10.5 Å². The van der Waals surface area contributed by atoms with Gasteiger partial charge < -0.3 is 20.7 Å². The average Bonchev–Trinajstić information content (AvgIpc) is 3.30. The van der Waals surface area contributed by atoms with Crippen molar-refractivity contribution in [1.29, 1.82) is 0 Å². The highest BCUT2D eigenvalue weighted by Gasteiger charge is 2.18. The van der Waals surface area contributed by atoms with E-state index < -0.39 is 17.7 Å². The molecule has 0 bridgehead atoms. The van der Waals surface area contributed by atoms with E-state index in [0.29, 0.717) is 31.1 Å². The van der Waals surface area contributed by atoms with Gasteiger partial charge in [-0.3, -0.25) is 14.7 Å². The Kier molecular flexibility index (Phi) is 9.15. The number of anilines is 2. The number of nitrogens with one attached hydrogen (secondary N) is 1. The molecule has 3 aromatic rings. The molecule has 0 aliphatic carbocycles. The van der Waals surface area contributed by atoms with Crippen LogP contribution in [0.4, 0.5) is 25.0 Å². The zero-order chi connectivity index (χ0) is 26.2. The Labute approximate surface area is 218 Å². The fourth-order valence-corrected chi connectivity index (χ4v) is 4.73. The summed E-state index contributed by atoms with van der Waals surface area (Å²) in [4.78, 5) is 33.8. The number of hydrogen-bond donors (Lipinski definition) is 2. The van der Waals surface area contributed by atoms with Gasteiger partial charge in [-0.1, -0.05) is 6.07 Å². The summed E-state index contributed by atoms with van der Waals surface area (Å²) in [6, 6.07) is 6.18. The van der Waals surface area contributed by atoms with E-state index in [0.717, 1.165) is 49.3 Å². The normalized spacial score (nSPS) is 13.9. The molecule has 8 nitrogen and oxygen atoms in total. The molecule has 1 fully saturated rings. The van der Waals surface area contributed by atoms with Crippen LogP contribution in [0.2, 0.25) is 0 Å². The van der Waals surface area contributed by atoms with Crippen LogP contribution in [0, 0.1) is 11.6 Å². The van der Waals surface area contributed by atoms with Gasteiger partial charge >= 0.3 is 6.03 Å².